The molecule has 1 heterocycles. The molecule has 1 aromatic heterocycles. The molecule has 164 valence electrons. The van der Waals surface area contributed by atoms with Gasteiger partial charge in [0.2, 0.25) is 15.9 Å². The van der Waals surface area contributed by atoms with E-state index in [0.717, 1.165) is 22.3 Å². The van der Waals surface area contributed by atoms with Crippen molar-refractivity contribution < 1.29 is 13.2 Å². The Hall–Kier alpha value is -3.49. The summed E-state index contributed by atoms with van der Waals surface area (Å²) in [5, 5.41) is 2.80. The molecule has 0 aliphatic rings. The number of carbonyl (C=O) groups is 1. The average Bonchev–Trinajstić information content (AvgIpc) is 3.18. The zero-order valence-electron chi connectivity index (χ0n) is 17.9. The minimum absolute atomic E-state index is 0.0145. The van der Waals surface area contributed by atoms with Crippen molar-refractivity contribution in [1.82, 2.24) is 14.3 Å². The fraction of sp³-hybridized carbons (Fsp3) is 0.167. The Kier molecular flexibility index (Phi) is 6.07. The molecule has 0 bridgehead atoms. The Labute approximate surface area is 187 Å². The van der Waals surface area contributed by atoms with Gasteiger partial charge in [0.15, 0.2) is 0 Å². The smallest absolute Gasteiger partial charge is 0.240 e. The summed E-state index contributed by atoms with van der Waals surface area (Å²) in [7, 11) is -3.66. The molecule has 7 nitrogen and oxygen atoms in total. The SMILES string of the molecule is Cc1ccc(S(=O)(=O)NCCC(=O)Nc2ccc(-n3cnc4ccccc43)cc2)c(C)c1. The van der Waals surface area contributed by atoms with E-state index in [1.54, 1.807) is 25.4 Å². The Morgan fingerprint density at radius 1 is 1.00 bits per heavy atom. The zero-order valence-corrected chi connectivity index (χ0v) is 18.7. The van der Waals surface area contributed by atoms with Crippen LogP contribution in [0.15, 0.2) is 78.0 Å². The molecular weight excluding hydrogens is 424 g/mol. The Morgan fingerprint density at radius 2 is 1.75 bits per heavy atom. The van der Waals surface area contributed by atoms with Gasteiger partial charge in [-0.05, 0) is 61.9 Å². The largest absolute Gasteiger partial charge is 0.326 e. The number of imidazole rings is 1. The van der Waals surface area contributed by atoms with Crippen molar-refractivity contribution in [2.75, 3.05) is 11.9 Å². The Morgan fingerprint density at radius 3 is 2.50 bits per heavy atom. The van der Waals surface area contributed by atoms with Crippen LogP contribution in [0.4, 0.5) is 5.69 Å². The van der Waals surface area contributed by atoms with Gasteiger partial charge in [0.05, 0.1) is 15.9 Å². The predicted molar refractivity (Wildman–Crippen MR) is 125 cm³/mol. The summed E-state index contributed by atoms with van der Waals surface area (Å²) in [6.45, 7) is 3.68. The second-order valence-corrected chi connectivity index (χ2v) is 9.35. The molecule has 32 heavy (non-hydrogen) atoms. The van der Waals surface area contributed by atoms with Gasteiger partial charge < -0.3 is 5.32 Å². The van der Waals surface area contributed by atoms with E-state index in [2.05, 4.69) is 15.0 Å². The van der Waals surface area contributed by atoms with Crippen molar-refractivity contribution in [3.05, 3.63) is 84.2 Å². The number of sulfonamides is 1. The van der Waals surface area contributed by atoms with E-state index >= 15 is 0 Å². The first-order valence-electron chi connectivity index (χ1n) is 10.2. The number of nitrogens with one attached hydrogen (secondary N) is 2. The monoisotopic (exact) mass is 448 g/mol. The third-order valence-electron chi connectivity index (χ3n) is 5.15. The standard InChI is InChI=1S/C24H24N4O3S/c1-17-7-12-23(18(2)15-17)32(30,31)26-14-13-24(29)27-19-8-10-20(11-9-19)28-16-25-21-5-3-4-6-22(21)28/h3-12,15-16,26H,13-14H2,1-2H3,(H,27,29). The van der Waals surface area contributed by atoms with Crippen LogP contribution < -0.4 is 10.0 Å². The summed E-state index contributed by atoms with van der Waals surface area (Å²) in [4.78, 5) is 16.9. The van der Waals surface area contributed by atoms with Crippen molar-refractivity contribution in [2.24, 2.45) is 0 Å². The number of amides is 1. The lowest BCUT2D eigenvalue weighted by Gasteiger charge is -2.11. The summed E-state index contributed by atoms with van der Waals surface area (Å²) < 4.78 is 29.5. The molecule has 0 atom stereocenters. The second-order valence-electron chi connectivity index (χ2n) is 7.62. The molecule has 1 amide bonds. The van der Waals surface area contributed by atoms with Crippen LogP contribution in [-0.4, -0.2) is 30.4 Å². The quantitative estimate of drug-likeness (QED) is 0.448. The van der Waals surface area contributed by atoms with E-state index in [9.17, 15) is 13.2 Å². The van der Waals surface area contributed by atoms with Gasteiger partial charge in [0, 0.05) is 24.3 Å². The first-order valence-corrected chi connectivity index (χ1v) is 11.7. The summed E-state index contributed by atoms with van der Waals surface area (Å²) in [5.74, 6) is -0.269. The van der Waals surface area contributed by atoms with E-state index < -0.39 is 10.0 Å². The number of para-hydroxylation sites is 2. The highest BCUT2D eigenvalue weighted by molar-refractivity contribution is 7.89. The van der Waals surface area contributed by atoms with Gasteiger partial charge in [0.25, 0.3) is 0 Å². The average molecular weight is 449 g/mol. The molecule has 2 N–H and O–H groups in total. The first kappa shape index (κ1) is 21.7. The van der Waals surface area contributed by atoms with Crippen molar-refractivity contribution in [1.29, 1.82) is 0 Å². The maximum absolute atomic E-state index is 12.5. The maximum Gasteiger partial charge on any atom is 0.240 e. The van der Waals surface area contributed by atoms with Crippen LogP contribution in [0.5, 0.6) is 0 Å². The van der Waals surface area contributed by atoms with Crippen LogP contribution in [0, 0.1) is 13.8 Å². The van der Waals surface area contributed by atoms with Crippen LogP contribution in [0.1, 0.15) is 17.5 Å². The summed E-state index contributed by atoms with van der Waals surface area (Å²) >= 11 is 0. The minimum atomic E-state index is -3.66. The highest BCUT2D eigenvalue weighted by atomic mass is 32.2. The molecule has 0 saturated heterocycles. The number of anilines is 1. The summed E-state index contributed by atoms with van der Waals surface area (Å²) in [6.07, 6.45) is 1.79. The van der Waals surface area contributed by atoms with Gasteiger partial charge in [-0.1, -0.05) is 29.8 Å². The summed E-state index contributed by atoms with van der Waals surface area (Å²) in [6, 6.07) is 20.4. The maximum atomic E-state index is 12.5. The second kappa shape index (κ2) is 8.94. The normalized spacial score (nSPS) is 11.6. The molecule has 0 spiro atoms. The van der Waals surface area contributed by atoms with Crippen molar-refractivity contribution in [3.63, 3.8) is 0 Å². The number of nitrogens with zero attached hydrogens (tertiary/aromatic N) is 2. The molecule has 0 fully saturated rings. The fourth-order valence-corrected chi connectivity index (χ4v) is 4.83. The molecule has 0 radical (unpaired) electrons. The molecule has 3 aromatic carbocycles. The molecule has 0 aliphatic heterocycles. The first-order chi connectivity index (χ1) is 15.3. The van der Waals surface area contributed by atoms with Gasteiger partial charge in [-0.25, -0.2) is 18.1 Å². The highest BCUT2D eigenvalue weighted by Crippen LogP contribution is 2.20. The molecule has 0 unspecified atom stereocenters. The highest BCUT2D eigenvalue weighted by Gasteiger charge is 2.16. The number of carbonyl (C=O) groups excluding carboxylic acids is 1. The van der Waals surface area contributed by atoms with Crippen molar-refractivity contribution >= 4 is 32.7 Å². The van der Waals surface area contributed by atoms with E-state index in [4.69, 9.17) is 0 Å². The van der Waals surface area contributed by atoms with E-state index in [1.165, 1.54) is 0 Å². The molecule has 8 heteroatoms. The van der Waals surface area contributed by atoms with Crippen LogP contribution >= 0.6 is 0 Å². The van der Waals surface area contributed by atoms with Gasteiger partial charge in [-0.3, -0.25) is 9.36 Å². The van der Waals surface area contributed by atoms with E-state index in [1.807, 2.05) is 66.1 Å². The fourth-order valence-electron chi connectivity index (χ4n) is 3.57. The summed E-state index contributed by atoms with van der Waals surface area (Å²) in [5.41, 5.74) is 5.15. The number of rotatable bonds is 7. The Bertz CT molecular complexity index is 1380. The molecular formula is C24H24N4O3S. The van der Waals surface area contributed by atoms with Crippen molar-refractivity contribution in [2.45, 2.75) is 25.2 Å². The lowest BCUT2D eigenvalue weighted by Crippen LogP contribution is -2.28. The third-order valence-corrected chi connectivity index (χ3v) is 6.77. The van der Waals surface area contributed by atoms with E-state index in [-0.39, 0.29) is 23.8 Å². The molecule has 4 aromatic rings. The lowest BCUT2D eigenvalue weighted by molar-refractivity contribution is -0.116. The Balaban J connectivity index is 1.34. The van der Waals surface area contributed by atoms with E-state index in [0.29, 0.717) is 11.3 Å². The van der Waals surface area contributed by atoms with Crippen LogP contribution in [0.25, 0.3) is 16.7 Å². The molecule has 4 rings (SSSR count). The zero-order chi connectivity index (χ0) is 22.7. The number of fused-ring (bicyclic) bond motifs is 1. The van der Waals surface area contributed by atoms with Crippen LogP contribution in [0.2, 0.25) is 0 Å². The topological polar surface area (TPSA) is 93.1 Å². The van der Waals surface area contributed by atoms with Crippen LogP contribution in [0.3, 0.4) is 0 Å². The number of benzene rings is 3. The van der Waals surface area contributed by atoms with Gasteiger partial charge in [0.1, 0.15) is 6.33 Å². The van der Waals surface area contributed by atoms with Gasteiger partial charge in [-0.2, -0.15) is 0 Å². The molecule has 0 aliphatic carbocycles. The third kappa shape index (κ3) is 4.71. The van der Waals surface area contributed by atoms with Crippen molar-refractivity contribution in [3.8, 4) is 5.69 Å². The number of hydrogen-bond acceptors (Lipinski definition) is 4. The molecule has 0 saturated carbocycles. The van der Waals surface area contributed by atoms with Gasteiger partial charge >= 0.3 is 0 Å². The number of hydrogen-bond donors (Lipinski definition) is 2. The predicted octanol–water partition coefficient (Wildman–Crippen LogP) is 3.95. The van der Waals surface area contributed by atoms with Gasteiger partial charge in [-0.15, -0.1) is 0 Å². The lowest BCUT2D eigenvalue weighted by atomic mass is 10.2. The minimum Gasteiger partial charge on any atom is -0.326 e. The number of aromatic nitrogens is 2. The van der Waals surface area contributed by atoms with Crippen LogP contribution in [-0.2, 0) is 14.8 Å². The number of aryl methyl sites for hydroxylation is 2.